The van der Waals surface area contributed by atoms with Crippen LogP contribution in [0, 0.1) is 35.4 Å². The summed E-state index contributed by atoms with van der Waals surface area (Å²) in [6.07, 6.45) is -6.83. The summed E-state index contributed by atoms with van der Waals surface area (Å²) < 4.78 is 95.3. The molecule has 200 valence electrons. The Balaban J connectivity index is 0.00000400. The first-order valence-corrected chi connectivity index (χ1v) is 10.8. The van der Waals surface area contributed by atoms with Gasteiger partial charge >= 0.3 is 27.2 Å². The molecule has 0 amide bonds. The minimum atomic E-state index is -5.26. The standard InChI is InChI=1S/C27H17F7N2O.Pt/c1-26(2,22-8-4-6-20(36-22)25(37)15-10-9-14(28)13-18(15)30)21-7-3-5-19(35-21)16-11-12-17(29)23(24(16)31)27(32,33)34;/h3-9,12-13,25,37H,1-2H3;/q-2;+2. The van der Waals surface area contributed by atoms with E-state index in [4.69, 9.17) is 0 Å². The molecular weight excluding hydrogens is 696 g/mol. The molecule has 11 heteroatoms. The topological polar surface area (TPSA) is 46.0 Å². The number of nitrogens with zero attached hydrogens (tertiary/aromatic N) is 2. The summed E-state index contributed by atoms with van der Waals surface area (Å²) in [6.45, 7) is 3.35. The first kappa shape index (κ1) is 29.5. The Hall–Kier alpha value is -3.10. The minimum Gasteiger partial charge on any atom is -0.384 e. The van der Waals surface area contributed by atoms with Crippen molar-refractivity contribution < 1.29 is 56.9 Å². The molecule has 0 bridgehead atoms. The molecule has 2 heterocycles. The molecule has 2 aromatic heterocycles. The van der Waals surface area contributed by atoms with Crippen LogP contribution >= 0.6 is 0 Å². The molecule has 1 unspecified atom stereocenters. The van der Waals surface area contributed by atoms with E-state index < -0.39 is 52.1 Å². The fraction of sp³-hybridized carbons (Fsp3) is 0.185. The summed E-state index contributed by atoms with van der Waals surface area (Å²) in [5.74, 6) is -5.50. The van der Waals surface area contributed by atoms with Crippen LogP contribution in [-0.2, 0) is 32.7 Å². The van der Waals surface area contributed by atoms with Gasteiger partial charge in [0.25, 0.3) is 0 Å². The molecule has 2 aromatic carbocycles. The van der Waals surface area contributed by atoms with Crippen molar-refractivity contribution in [2.75, 3.05) is 0 Å². The van der Waals surface area contributed by atoms with Crippen LogP contribution in [0.5, 0.6) is 0 Å². The molecule has 0 aliphatic rings. The molecule has 0 fully saturated rings. The smallest absolute Gasteiger partial charge is 0.384 e. The van der Waals surface area contributed by atoms with Gasteiger partial charge in [0.2, 0.25) is 0 Å². The van der Waals surface area contributed by atoms with E-state index in [9.17, 15) is 35.8 Å². The molecule has 4 aromatic rings. The van der Waals surface area contributed by atoms with Crippen molar-refractivity contribution in [1.82, 2.24) is 9.97 Å². The van der Waals surface area contributed by atoms with Gasteiger partial charge in [0.1, 0.15) is 6.10 Å². The van der Waals surface area contributed by atoms with Gasteiger partial charge in [-0.05, 0) is 37.7 Å². The number of hydrogen-bond acceptors (Lipinski definition) is 3. The SMILES string of the molecule is CC(C)(c1cccc(-c2[c-]cc(F)c(C(F)(F)F)c2F)n1)c1cccc(C(O)c2[c-]cc(F)cc2F)n1.[Pt+2]. The number of aliphatic hydroxyl groups is 1. The summed E-state index contributed by atoms with van der Waals surface area (Å²) in [6, 6.07) is 15.2. The summed E-state index contributed by atoms with van der Waals surface area (Å²) in [7, 11) is 0. The first-order chi connectivity index (χ1) is 17.3. The van der Waals surface area contributed by atoms with E-state index in [1.807, 2.05) is 0 Å². The molecule has 3 nitrogen and oxygen atoms in total. The fourth-order valence-electron chi connectivity index (χ4n) is 3.77. The van der Waals surface area contributed by atoms with Crippen molar-refractivity contribution in [3.8, 4) is 11.3 Å². The van der Waals surface area contributed by atoms with Crippen molar-refractivity contribution in [3.63, 3.8) is 0 Å². The van der Waals surface area contributed by atoms with Crippen LogP contribution in [0.15, 0.2) is 54.6 Å². The van der Waals surface area contributed by atoms with E-state index in [0.29, 0.717) is 17.8 Å². The number of halogens is 7. The normalized spacial score (nSPS) is 12.7. The van der Waals surface area contributed by atoms with Gasteiger partial charge in [-0.15, -0.1) is 24.3 Å². The van der Waals surface area contributed by atoms with Crippen molar-refractivity contribution >= 4 is 0 Å². The predicted octanol–water partition coefficient (Wildman–Crippen LogP) is 6.72. The molecule has 0 aliphatic heterocycles. The largest absolute Gasteiger partial charge is 2.00 e. The van der Waals surface area contributed by atoms with E-state index in [1.54, 1.807) is 19.9 Å². The number of alkyl halides is 3. The number of aliphatic hydroxyl groups excluding tert-OH is 1. The Morgan fingerprint density at radius 1 is 0.842 bits per heavy atom. The number of aromatic nitrogens is 2. The zero-order valence-corrected chi connectivity index (χ0v) is 21.8. The Kier molecular flexibility index (Phi) is 8.48. The Bertz CT molecular complexity index is 1470. The van der Waals surface area contributed by atoms with E-state index >= 15 is 0 Å². The third kappa shape index (κ3) is 5.66. The first-order valence-electron chi connectivity index (χ1n) is 10.8. The van der Waals surface area contributed by atoms with Crippen LogP contribution in [0.25, 0.3) is 11.3 Å². The molecule has 4 rings (SSSR count). The van der Waals surface area contributed by atoms with Crippen LogP contribution in [0.1, 0.15) is 48.2 Å². The average molecular weight is 714 g/mol. The van der Waals surface area contributed by atoms with Gasteiger partial charge in [0.05, 0.1) is 23.0 Å². The Labute approximate surface area is 227 Å². The van der Waals surface area contributed by atoms with Crippen molar-refractivity contribution in [3.05, 3.63) is 118 Å². The number of rotatable bonds is 5. The van der Waals surface area contributed by atoms with Crippen LogP contribution in [-0.4, -0.2) is 15.1 Å². The molecule has 1 atom stereocenters. The van der Waals surface area contributed by atoms with Gasteiger partial charge in [0, 0.05) is 28.3 Å². The van der Waals surface area contributed by atoms with E-state index in [2.05, 4.69) is 22.1 Å². The third-order valence-electron chi connectivity index (χ3n) is 5.80. The fourth-order valence-corrected chi connectivity index (χ4v) is 3.77. The Morgan fingerprint density at radius 2 is 1.47 bits per heavy atom. The quantitative estimate of drug-likeness (QED) is 0.185. The molecule has 1 N–H and O–H groups in total. The Morgan fingerprint density at radius 3 is 2.11 bits per heavy atom. The van der Waals surface area contributed by atoms with E-state index in [-0.39, 0.29) is 43.7 Å². The molecule has 38 heavy (non-hydrogen) atoms. The molecule has 0 radical (unpaired) electrons. The molecule has 0 saturated carbocycles. The van der Waals surface area contributed by atoms with Crippen molar-refractivity contribution in [2.45, 2.75) is 31.5 Å². The maximum Gasteiger partial charge on any atom is 2.00 e. The van der Waals surface area contributed by atoms with Gasteiger partial charge in [-0.2, -0.15) is 19.2 Å². The van der Waals surface area contributed by atoms with Gasteiger partial charge in [0.15, 0.2) is 0 Å². The maximum atomic E-state index is 14.7. The minimum absolute atomic E-state index is 0. The summed E-state index contributed by atoms with van der Waals surface area (Å²) >= 11 is 0. The predicted molar refractivity (Wildman–Crippen MR) is 119 cm³/mol. The average Bonchev–Trinajstić information content (AvgIpc) is 2.83. The van der Waals surface area contributed by atoms with Gasteiger partial charge < -0.3 is 10.1 Å². The summed E-state index contributed by atoms with van der Waals surface area (Å²) in [5, 5.41) is 10.6. The molecule has 0 saturated heterocycles. The van der Waals surface area contributed by atoms with Crippen LogP contribution in [0.4, 0.5) is 30.7 Å². The van der Waals surface area contributed by atoms with Gasteiger partial charge in [-0.25, -0.2) is 0 Å². The molecule has 0 spiro atoms. The van der Waals surface area contributed by atoms with Crippen LogP contribution in [0.3, 0.4) is 0 Å². The van der Waals surface area contributed by atoms with E-state index in [0.717, 1.165) is 6.07 Å². The molecule has 0 aliphatic carbocycles. The van der Waals surface area contributed by atoms with Crippen molar-refractivity contribution in [1.29, 1.82) is 0 Å². The number of benzene rings is 2. The second-order valence-electron chi connectivity index (χ2n) is 8.66. The number of hydrogen-bond donors (Lipinski definition) is 1. The zero-order chi connectivity index (χ0) is 27.1. The van der Waals surface area contributed by atoms with Gasteiger partial charge in [-0.1, -0.05) is 29.3 Å². The summed E-state index contributed by atoms with van der Waals surface area (Å²) in [4.78, 5) is 8.68. The monoisotopic (exact) mass is 713 g/mol. The van der Waals surface area contributed by atoms with Gasteiger partial charge in [-0.3, -0.25) is 22.5 Å². The number of pyridine rings is 2. The van der Waals surface area contributed by atoms with Crippen LogP contribution < -0.4 is 0 Å². The van der Waals surface area contributed by atoms with Crippen LogP contribution in [0.2, 0.25) is 0 Å². The van der Waals surface area contributed by atoms with Crippen molar-refractivity contribution in [2.24, 2.45) is 0 Å². The zero-order valence-electron chi connectivity index (χ0n) is 19.6. The third-order valence-corrected chi connectivity index (χ3v) is 5.80. The second-order valence-corrected chi connectivity index (χ2v) is 8.66. The second kappa shape index (κ2) is 10.9. The molecular formula is C27H17F7N2OPt. The summed E-state index contributed by atoms with van der Waals surface area (Å²) in [5.41, 5.74) is -3.66. The maximum absolute atomic E-state index is 14.7. The van der Waals surface area contributed by atoms with E-state index in [1.165, 1.54) is 30.3 Å².